The number of halogens is 2. The van der Waals surface area contributed by atoms with Crippen LogP contribution in [-0.4, -0.2) is 49.8 Å². The second kappa shape index (κ2) is 7.49. The van der Waals surface area contributed by atoms with Crippen molar-refractivity contribution in [3.63, 3.8) is 0 Å². The van der Waals surface area contributed by atoms with Crippen molar-refractivity contribution in [3.05, 3.63) is 29.3 Å². The molecular weight excluding hydrogens is 343 g/mol. The molecular formula is C15H22Cl2N2O2S. The van der Waals surface area contributed by atoms with E-state index in [-0.39, 0.29) is 17.3 Å². The van der Waals surface area contributed by atoms with Gasteiger partial charge in [-0.05, 0) is 25.0 Å². The SMILES string of the molecule is Cl.O=S(=O)(c1ccccc1Cl)N1CCN(C2CCCC2)CC1. The molecule has 0 N–H and O–H groups in total. The fourth-order valence-electron chi connectivity index (χ4n) is 3.37. The molecule has 1 heterocycles. The molecule has 0 spiro atoms. The maximum Gasteiger partial charge on any atom is 0.244 e. The smallest absolute Gasteiger partial charge is 0.244 e. The Balaban J connectivity index is 0.00000176. The Hall–Kier alpha value is -0.330. The fourth-order valence-corrected chi connectivity index (χ4v) is 5.29. The van der Waals surface area contributed by atoms with Crippen molar-refractivity contribution in [2.24, 2.45) is 0 Å². The van der Waals surface area contributed by atoms with Crippen molar-refractivity contribution in [1.82, 2.24) is 9.21 Å². The van der Waals surface area contributed by atoms with Crippen LogP contribution in [0.5, 0.6) is 0 Å². The quantitative estimate of drug-likeness (QED) is 0.827. The summed E-state index contributed by atoms with van der Waals surface area (Å²) in [6, 6.07) is 7.34. The van der Waals surface area contributed by atoms with Crippen LogP contribution < -0.4 is 0 Å². The van der Waals surface area contributed by atoms with Crippen LogP contribution in [-0.2, 0) is 10.0 Å². The Morgan fingerprint density at radius 2 is 1.59 bits per heavy atom. The summed E-state index contributed by atoms with van der Waals surface area (Å²) in [4.78, 5) is 2.67. The molecule has 0 amide bonds. The summed E-state index contributed by atoms with van der Waals surface area (Å²) < 4.78 is 26.9. The van der Waals surface area contributed by atoms with E-state index in [0.29, 0.717) is 24.2 Å². The Morgan fingerprint density at radius 3 is 2.18 bits per heavy atom. The molecule has 0 aromatic heterocycles. The number of sulfonamides is 1. The summed E-state index contributed by atoms with van der Waals surface area (Å²) in [5.74, 6) is 0. The molecule has 1 aromatic carbocycles. The third-order valence-electron chi connectivity index (χ3n) is 4.57. The van der Waals surface area contributed by atoms with Gasteiger partial charge in [-0.25, -0.2) is 8.42 Å². The molecule has 4 nitrogen and oxygen atoms in total. The van der Waals surface area contributed by atoms with Gasteiger partial charge in [-0.1, -0.05) is 36.6 Å². The van der Waals surface area contributed by atoms with Gasteiger partial charge in [0.1, 0.15) is 4.90 Å². The Labute approximate surface area is 143 Å². The average molecular weight is 365 g/mol. The Kier molecular flexibility index (Phi) is 6.14. The van der Waals surface area contributed by atoms with E-state index in [2.05, 4.69) is 4.90 Å². The van der Waals surface area contributed by atoms with Crippen LogP contribution in [0.2, 0.25) is 5.02 Å². The number of hydrogen-bond acceptors (Lipinski definition) is 3. The number of hydrogen-bond donors (Lipinski definition) is 0. The zero-order valence-corrected chi connectivity index (χ0v) is 14.8. The van der Waals surface area contributed by atoms with Crippen molar-refractivity contribution < 1.29 is 8.42 Å². The van der Waals surface area contributed by atoms with Crippen LogP contribution in [0.1, 0.15) is 25.7 Å². The van der Waals surface area contributed by atoms with E-state index < -0.39 is 10.0 Å². The zero-order valence-electron chi connectivity index (χ0n) is 12.4. The van der Waals surface area contributed by atoms with Gasteiger partial charge in [0, 0.05) is 32.2 Å². The second-order valence-electron chi connectivity index (χ2n) is 5.81. The molecule has 0 bridgehead atoms. The largest absolute Gasteiger partial charge is 0.298 e. The lowest BCUT2D eigenvalue weighted by Crippen LogP contribution is -2.51. The van der Waals surface area contributed by atoms with Gasteiger partial charge in [-0.3, -0.25) is 4.90 Å². The Morgan fingerprint density at radius 1 is 1.00 bits per heavy atom. The molecule has 124 valence electrons. The standard InChI is InChI=1S/C15H21ClN2O2S.ClH/c16-14-7-3-4-8-15(14)21(19,20)18-11-9-17(10-12-18)13-5-1-2-6-13;/h3-4,7-8,13H,1-2,5-6,9-12H2;1H. The predicted molar refractivity (Wildman–Crippen MR) is 91.3 cm³/mol. The monoisotopic (exact) mass is 364 g/mol. The minimum absolute atomic E-state index is 0. The van der Waals surface area contributed by atoms with E-state index in [1.807, 2.05) is 0 Å². The summed E-state index contributed by atoms with van der Waals surface area (Å²) in [7, 11) is -3.46. The van der Waals surface area contributed by atoms with Crippen LogP contribution in [0.4, 0.5) is 0 Å². The number of rotatable bonds is 3. The molecule has 2 fully saturated rings. The highest BCUT2D eigenvalue weighted by atomic mass is 35.5. The van der Waals surface area contributed by atoms with Gasteiger partial charge in [0.25, 0.3) is 0 Å². The van der Waals surface area contributed by atoms with Gasteiger partial charge >= 0.3 is 0 Å². The van der Waals surface area contributed by atoms with E-state index in [1.165, 1.54) is 25.7 Å². The first kappa shape index (κ1) is 18.0. The molecule has 0 unspecified atom stereocenters. The fraction of sp³-hybridized carbons (Fsp3) is 0.600. The lowest BCUT2D eigenvalue weighted by atomic mass is 10.2. The van der Waals surface area contributed by atoms with Crippen LogP contribution in [0, 0.1) is 0 Å². The lowest BCUT2D eigenvalue weighted by molar-refractivity contribution is 0.139. The highest BCUT2D eigenvalue weighted by molar-refractivity contribution is 7.89. The molecule has 0 atom stereocenters. The molecule has 1 saturated carbocycles. The minimum Gasteiger partial charge on any atom is -0.298 e. The molecule has 1 aliphatic heterocycles. The molecule has 1 saturated heterocycles. The molecule has 1 aliphatic carbocycles. The van der Waals surface area contributed by atoms with E-state index in [4.69, 9.17) is 11.6 Å². The van der Waals surface area contributed by atoms with Crippen molar-refractivity contribution in [2.75, 3.05) is 26.2 Å². The molecule has 3 rings (SSSR count). The maximum absolute atomic E-state index is 12.7. The van der Waals surface area contributed by atoms with E-state index in [9.17, 15) is 8.42 Å². The van der Waals surface area contributed by atoms with E-state index in [1.54, 1.807) is 28.6 Å². The Bertz CT molecular complexity index is 595. The van der Waals surface area contributed by atoms with Crippen LogP contribution in [0.3, 0.4) is 0 Å². The van der Waals surface area contributed by atoms with Crippen LogP contribution in [0.15, 0.2) is 29.2 Å². The summed E-state index contributed by atoms with van der Waals surface area (Å²) in [5.41, 5.74) is 0. The van der Waals surface area contributed by atoms with Crippen molar-refractivity contribution in [1.29, 1.82) is 0 Å². The van der Waals surface area contributed by atoms with Crippen molar-refractivity contribution in [3.8, 4) is 0 Å². The highest BCUT2D eigenvalue weighted by Gasteiger charge is 2.32. The lowest BCUT2D eigenvalue weighted by Gasteiger charge is -2.37. The summed E-state index contributed by atoms with van der Waals surface area (Å²) >= 11 is 6.04. The molecule has 7 heteroatoms. The second-order valence-corrected chi connectivity index (χ2v) is 8.12. The molecule has 2 aliphatic rings. The third kappa shape index (κ3) is 3.60. The number of benzene rings is 1. The van der Waals surface area contributed by atoms with Gasteiger partial charge in [0.15, 0.2) is 0 Å². The molecule has 0 radical (unpaired) electrons. The van der Waals surface area contributed by atoms with E-state index >= 15 is 0 Å². The number of piperazine rings is 1. The zero-order chi connectivity index (χ0) is 14.9. The van der Waals surface area contributed by atoms with Crippen LogP contribution >= 0.6 is 24.0 Å². The maximum atomic E-state index is 12.7. The minimum atomic E-state index is -3.46. The van der Waals surface area contributed by atoms with Gasteiger partial charge in [0.05, 0.1) is 5.02 Å². The number of nitrogens with zero attached hydrogens (tertiary/aromatic N) is 2. The first-order valence-corrected chi connectivity index (χ1v) is 9.39. The first-order valence-electron chi connectivity index (χ1n) is 7.58. The molecule has 1 aromatic rings. The van der Waals surface area contributed by atoms with Gasteiger partial charge < -0.3 is 0 Å². The van der Waals surface area contributed by atoms with Gasteiger partial charge in [0.2, 0.25) is 10.0 Å². The van der Waals surface area contributed by atoms with Crippen molar-refractivity contribution >= 4 is 34.0 Å². The summed E-state index contributed by atoms with van der Waals surface area (Å²) in [5, 5.41) is 0.302. The van der Waals surface area contributed by atoms with E-state index in [0.717, 1.165) is 13.1 Å². The topological polar surface area (TPSA) is 40.6 Å². The van der Waals surface area contributed by atoms with Crippen molar-refractivity contribution in [2.45, 2.75) is 36.6 Å². The average Bonchev–Trinajstić information content (AvgIpc) is 3.02. The first-order chi connectivity index (χ1) is 10.1. The molecule has 22 heavy (non-hydrogen) atoms. The van der Waals surface area contributed by atoms with Crippen LogP contribution in [0.25, 0.3) is 0 Å². The van der Waals surface area contributed by atoms with Gasteiger partial charge in [-0.15, -0.1) is 12.4 Å². The highest BCUT2D eigenvalue weighted by Crippen LogP contribution is 2.27. The summed E-state index contributed by atoms with van der Waals surface area (Å²) in [6.07, 6.45) is 5.14. The normalized spacial score (nSPS) is 21.7. The predicted octanol–water partition coefficient (Wildman–Crippen LogP) is 3.01. The van der Waals surface area contributed by atoms with Gasteiger partial charge in [-0.2, -0.15) is 4.31 Å². The summed E-state index contributed by atoms with van der Waals surface area (Å²) in [6.45, 7) is 2.77. The third-order valence-corrected chi connectivity index (χ3v) is 6.97.